The van der Waals surface area contributed by atoms with E-state index in [0.29, 0.717) is 0 Å². The van der Waals surface area contributed by atoms with Crippen LogP contribution in [0.5, 0.6) is 0 Å². The van der Waals surface area contributed by atoms with E-state index in [4.69, 9.17) is 5.73 Å². The molecule has 0 spiro atoms. The lowest BCUT2D eigenvalue weighted by Crippen LogP contribution is -2.35. The lowest BCUT2D eigenvalue weighted by atomic mass is 9.87. The van der Waals surface area contributed by atoms with Gasteiger partial charge < -0.3 is 11.1 Å². The summed E-state index contributed by atoms with van der Waals surface area (Å²) in [6.45, 7) is 1.98. The first-order valence-corrected chi connectivity index (χ1v) is 4.06. The first-order valence-electron chi connectivity index (χ1n) is 4.06. The summed E-state index contributed by atoms with van der Waals surface area (Å²) in [4.78, 5) is 11.3. The minimum absolute atomic E-state index is 0.130. The first-order chi connectivity index (χ1) is 5.08. The third kappa shape index (κ3) is 1.53. The molecule has 1 unspecified atom stereocenters. The number of nitrogens with one attached hydrogen (secondary N) is 1. The van der Waals surface area contributed by atoms with E-state index in [-0.39, 0.29) is 17.4 Å². The van der Waals surface area contributed by atoms with Gasteiger partial charge in [0.1, 0.15) is 0 Å². The Kier molecular flexibility index (Phi) is 2.18. The Morgan fingerprint density at radius 2 is 2.36 bits per heavy atom. The summed E-state index contributed by atoms with van der Waals surface area (Å²) in [6, 6.07) is 0.220. The number of amides is 1. The number of nitrogens with two attached hydrogens (primary N) is 1. The Balaban J connectivity index is 2.61. The summed E-state index contributed by atoms with van der Waals surface area (Å²) >= 11 is 0. The SMILES string of the molecule is CNC(=O)[C@@]1(C)CCC(N)C1. The van der Waals surface area contributed by atoms with Gasteiger partial charge in [-0.25, -0.2) is 0 Å². The molecule has 1 aliphatic rings. The van der Waals surface area contributed by atoms with Gasteiger partial charge in [-0.3, -0.25) is 4.79 Å². The summed E-state index contributed by atoms with van der Waals surface area (Å²) in [6.07, 6.45) is 2.73. The van der Waals surface area contributed by atoms with Gasteiger partial charge in [0, 0.05) is 18.5 Å². The number of carbonyl (C=O) groups excluding carboxylic acids is 1. The topological polar surface area (TPSA) is 55.1 Å². The molecular formula is C8H16N2O. The molecule has 0 radical (unpaired) electrons. The van der Waals surface area contributed by atoms with Crippen molar-refractivity contribution in [3.63, 3.8) is 0 Å². The predicted octanol–water partition coefficient (Wildman–Crippen LogP) is 0.250. The number of hydrogen-bond acceptors (Lipinski definition) is 2. The van der Waals surface area contributed by atoms with Gasteiger partial charge in [-0.1, -0.05) is 6.92 Å². The maximum Gasteiger partial charge on any atom is 0.225 e. The predicted molar refractivity (Wildman–Crippen MR) is 44.0 cm³/mol. The zero-order valence-corrected chi connectivity index (χ0v) is 7.18. The molecule has 0 aromatic heterocycles. The van der Waals surface area contributed by atoms with Crippen LogP contribution >= 0.6 is 0 Å². The third-order valence-electron chi connectivity index (χ3n) is 2.55. The van der Waals surface area contributed by atoms with Crippen molar-refractivity contribution in [3.05, 3.63) is 0 Å². The minimum atomic E-state index is -0.200. The van der Waals surface area contributed by atoms with Crippen molar-refractivity contribution >= 4 is 5.91 Å². The van der Waals surface area contributed by atoms with Crippen LogP contribution in [0.1, 0.15) is 26.2 Å². The van der Waals surface area contributed by atoms with E-state index in [1.54, 1.807) is 7.05 Å². The molecule has 0 aromatic rings. The Morgan fingerprint density at radius 3 is 2.73 bits per heavy atom. The first kappa shape index (κ1) is 8.53. The van der Waals surface area contributed by atoms with Gasteiger partial charge in [0.2, 0.25) is 5.91 Å². The van der Waals surface area contributed by atoms with Crippen molar-refractivity contribution in [2.75, 3.05) is 7.05 Å². The van der Waals surface area contributed by atoms with Crippen LogP contribution in [0.2, 0.25) is 0 Å². The molecule has 3 heteroatoms. The second-order valence-corrected chi connectivity index (χ2v) is 3.64. The molecule has 0 aliphatic heterocycles. The quantitative estimate of drug-likeness (QED) is 0.571. The molecule has 0 saturated heterocycles. The molecular weight excluding hydrogens is 140 g/mol. The largest absolute Gasteiger partial charge is 0.359 e. The molecule has 1 aliphatic carbocycles. The molecule has 1 saturated carbocycles. The van der Waals surface area contributed by atoms with Crippen molar-refractivity contribution in [1.29, 1.82) is 0 Å². The van der Waals surface area contributed by atoms with E-state index in [0.717, 1.165) is 19.3 Å². The van der Waals surface area contributed by atoms with Crippen molar-refractivity contribution in [1.82, 2.24) is 5.32 Å². The normalized spacial score (nSPS) is 37.2. The van der Waals surface area contributed by atoms with Gasteiger partial charge in [0.25, 0.3) is 0 Å². The molecule has 2 atom stereocenters. The summed E-state index contributed by atoms with van der Waals surface area (Å²) in [5.41, 5.74) is 5.52. The van der Waals surface area contributed by atoms with Crippen LogP contribution in [-0.2, 0) is 4.79 Å². The van der Waals surface area contributed by atoms with Crippen LogP contribution in [0.25, 0.3) is 0 Å². The Morgan fingerprint density at radius 1 is 1.73 bits per heavy atom. The highest BCUT2D eigenvalue weighted by Gasteiger charge is 2.39. The minimum Gasteiger partial charge on any atom is -0.359 e. The average molecular weight is 156 g/mol. The number of carbonyl (C=O) groups is 1. The van der Waals surface area contributed by atoms with Gasteiger partial charge in [-0.05, 0) is 19.3 Å². The molecule has 0 heterocycles. The maximum absolute atomic E-state index is 11.3. The van der Waals surface area contributed by atoms with E-state index in [1.165, 1.54) is 0 Å². The summed E-state index contributed by atoms with van der Waals surface area (Å²) in [7, 11) is 1.68. The second kappa shape index (κ2) is 2.81. The highest BCUT2D eigenvalue weighted by molar-refractivity contribution is 5.82. The standard InChI is InChI=1S/C8H16N2O/c1-8(7(11)10-2)4-3-6(9)5-8/h6H,3-5,9H2,1-2H3,(H,10,11)/t6?,8-/m0/s1. The Hall–Kier alpha value is -0.570. The highest BCUT2D eigenvalue weighted by atomic mass is 16.2. The van der Waals surface area contributed by atoms with E-state index >= 15 is 0 Å². The Bertz CT molecular complexity index is 169. The molecule has 1 fully saturated rings. The smallest absolute Gasteiger partial charge is 0.225 e. The maximum atomic E-state index is 11.3. The number of hydrogen-bond donors (Lipinski definition) is 2. The zero-order chi connectivity index (χ0) is 8.48. The van der Waals surface area contributed by atoms with Crippen LogP contribution < -0.4 is 11.1 Å². The lowest BCUT2D eigenvalue weighted by molar-refractivity contribution is -0.129. The fourth-order valence-corrected chi connectivity index (χ4v) is 1.79. The molecule has 3 nitrogen and oxygen atoms in total. The van der Waals surface area contributed by atoms with Gasteiger partial charge in [0.05, 0.1) is 0 Å². The number of rotatable bonds is 1. The zero-order valence-electron chi connectivity index (χ0n) is 7.18. The van der Waals surface area contributed by atoms with Crippen LogP contribution in [-0.4, -0.2) is 19.0 Å². The van der Waals surface area contributed by atoms with E-state index < -0.39 is 0 Å². The van der Waals surface area contributed by atoms with Crippen molar-refractivity contribution in [2.24, 2.45) is 11.1 Å². The molecule has 1 rings (SSSR count). The van der Waals surface area contributed by atoms with E-state index in [2.05, 4.69) is 5.32 Å². The van der Waals surface area contributed by atoms with E-state index in [9.17, 15) is 4.79 Å². The highest BCUT2D eigenvalue weighted by Crippen LogP contribution is 2.36. The van der Waals surface area contributed by atoms with Gasteiger partial charge in [0.15, 0.2) is 0 Å². The van der Waals surface area contributed by atoms with Crippen LogP contribution in [0, 0.1) is 5.41 Å². The molecule has 64 valence electrons. The fraction of sp³-hybridized carbons (Fsp3) is 0.875. The van der Waals surface area contributed by atoms with Crippen LogP contribution in [0.3, 0.4) is 0 Å². The van der Waals surface area contributed by atoms with Gasteiger partial charge in [-0.15, -0.1) is 0 Å². The van der Waals surface area contributed by atoms with Crippen LogP contribution in [0.15, 0.2) is 0 Å². The van der Waals surface area contributed by atoms with E-state index in [1.807, 2.05) is 6.92 Å². The van der Waals surface area contributed by atoms with Crippen molar-refractivity contribution in [3.8, 4) is 0 Å². The second-order valence-electron chi connectivity index (χ2n) is 3.64. The van der Waals surface area contributed by atoms with Crippen molar-refractivity contribution < 1.29 is 4.79 Å². The van der Waals surface area contributed by atoms with Gasteiger partial charge >= 0.3 is 0 Å². The fourth-order valence-electron chi connectivity index (χ4n) is 1.79. The average Bonchev–Trinajstić information content (AvgIpc) is 2.31. The molecule has 0 bridgehead atoms. The van der Waals surface area contributed by atoms with Gasteiger partial charge in [-0.2, -0.15) is 0 Å². The molecule has 0 aromatic carbocycles. The monoisotopic (exact) mass is 156 g/mol. The summed E-state index contributed by atoms with van der Waals surface area (Å²) < 4.78 is 0. The van der Waals surface area contributed by atoms with Crippen molar-refractivity contribution in [2.45, 2.75) is 32.2 Å². The lowest BCUT2D eigenvalue weighted by Gasteiger charge is -2.20. The summed E-state index contributed by atoms with van der Waals surface area (Å²) in [5, 5.41) is 2.67. The third-order valence-corrected chi connectivity index (χ3v) is 2.55. The molecule has 11 heavy (non-hydrogen) atoms. The molecule has 1 amide bonds. The van der Waals surface area contributed by atoms with Crippen LogP contribution in [0.4, 0.5) is 0 Å². The molecule has 3 N–H and O–H groups in total. The summed E-state index contributed by atoms with van der Waals surface area (Å²) in [5.74, 6) is 0.130. The Labute approximate surface area is 67.3 Å².